The Balaban J connectivity index is 1.59. The summed E-state index contributed by atoms with van der Waals surface area (Å²) in [4.78, 5) is 12.5. The van der Waals surface area contributed by atoms with Crippen molar-refractivity contribution in [1.82, 2.24) is 5.32 Å². The smallest absolute Gasteiger partial charge is 0.251 e. The number of hydrogen-bond acceptors (Lipinski definition) is 2. The molecule has 0 aliphatic heterocycles. The van der Waals surface area contributed by atoms with E-state index < -0.39 is 0 Å². The van der Waals surface area contributed by atoms with Crippen LogP contribution < -0.4 is 5.32 Å². The van der Waals surface area contributed by atoms with Gasteiger partial charge in [0.2, 0.25) is 0 Å². The summed E-state index contributed by atoms with van der Waals surface area (Å²) in [5.41, 5.74) is 5.98. The van der Waals surface area contributed by atoms with Crippen molar-refractivity contribution in [2.75, 3.05) is 0 Å². The van der Waals surface area contributed by atoms with Crippen LogP contribution in [0.3, 0.4) is 0 Å². The van der Waals surface area contributed by atoms with Crippen LogP contribution in [0.5, 0.6) is 5.75 Å². The molecule has 2 N–H and O–H groups in total. The fourth-order valence-corrected chi connectivity index (χ4v) is 3.46. The summed E-state index contributed by atoms with van der Waals surface area (Å²) in [7, 11) is 0. The first-order valence-corrected chi connectivity index (χ1v) is 10.2. The molecule has 0 heterocycles. The first-order chi connectivity index (χ1) is 15.2. The lowest BCUT2D eigenvalue weighted by Crippen LogP contribution is -2.23. The van der Waals surface area contributed by atoms with E-state index in [4.69, 9.17) is 0 Å². The van der Waals surface area contributed by atoms with Gasteiger partial charge in [-0.15, -0.1) is 0 Å². The summed E-state index contributed by atoms with van der Waals surface area (Å²) < 4.78 is 0. The molecule has 3 heteroatoms. The Morgan fingerprint density at radius 1 is 0.710 bits per heavy atom. The van der Waals surface area contributed by atoms with Crippen LogP contribution in [0.15, 0.2) is 103 Å². The molecule has 0 aliphatic carbocycles. The third-order valence-corrected chi connectivity index (χ3v) is 5.09. The molecule has 0 saturated heterocycles. The average Bonchev–Trinajstić information content (AvgIpc) is 2.83. The fraction of sp³-hybridized carbons (Fsp3) is 0.0357. The van der Waals surface area contributed by atoms with E-state index in [1.165, 1.54) is 0 Å². The van der Waals surface area contributed by atoms with Gasteiger partial charge < -0.3 is 10.4 Å². The van der Waals surface area contributed by atoms with Crippen LogP contribution in [0.25, 0.3) is 23.3 Å². The van der Waals surface area contributed by atoms with Crippen molar-refractivity contribution in [2.24, 2.45) is 0 Å². The molecular weight excluding hydrogens is 382 g/mol. The molecule has 1 amide bonds. The SMILES string of the molecule is O=C(NCc1ccccc1-c1ccccc1/C=C/c1ccc(O)cc1)c1ccccc1. The van der Waals surface area contributed by atoms with E-state index in [0.717, 1.165) is 27.8 Å². The molecule has 4 rings (SSSR count). The summed E-state index contributed by atoms with van der Waals surface area (Å²) in [6.45, 7) is 0.444. The van der Waals surface area contributed by atoms with Gasteiger partial charge in [0, 0.05) is 12.1 Å². The third-order valence-electron chi connectivity index (χ3n) is 5.09. The van der Waals surface area contributed by atoms with Crippen molar-refractivity contribution in [1.29, 1.82) is 0 Å². The van der Waals surface area contributed by atoms with Gasteiger partial charge in [-0.05, 0) is 52.1 Å². The van der Waals surface area contributed by atoms with Gasteiger partial charge in [-0.3, -0.25) is 4.79 Å². The Morgan fingerprint density at radius 3 is 2.13 bits per heavy atom. The molecule has 0 atom stereocenters. The maximum absolute atomic E-state index is 12.5. The Hall–Kier alpha value is -4.11. The Morgan fingerprint density at radius 2 is 1.35 bits per heavy atom. The van der Waals surface area contributed by atoms with Crippen LogP contribution in [0, 0.1) is 0 Å². The Kier molecular flexibility index (Phi) is 6.24. The van der Waals surface area contributed by atoms with E-state index in [1.54, 1.807) is 12.1 Å². The lowest BCUT2D eigenvalue weighted by molar-refractivity contribution is 0.0951. The molecular formula is C28H23NO2. The van der Waals surface area contributed by atoms with Crippen LogP contribution in [-0.2, 0) is 6.54 Å². The highest BCUT2D eigenvalue weighted by Crippen LogP contribution is 2.28. The zero-order chi connectivity index (χ0) is 21.5. The summed E-state index contributed by atoms with van der Waals surface area (Å²) in [5, 5.41) is 12.5. The largest absolute Gasteiger partial charge is 0.508 e. The number of nitrogens with one attached hydrogen (secondary N) is 1. The molecule has 3 nitrogen and oxygen atoms in total. The van der Waals surface area contributed by atoms with Gasteiger partial charge in [0.15, 0.2) is 0 Å². The molecule has 4 aromatic carbocycles. The summed E-state index contributed by atoms with van der Waals surface area (Å²) in [6.07, 6.45) is 4.10. The van der Waals surface area contributed by atoms with Crippen LogP contribution in [0.2, 0.25) is 0 Å². The number of phenolic OH excluding ortho intramolecular Hbond substituents is 1. The number of amides is 1. The fourth-order valence-electron chi connectivity index (χ4n) is 3.46. The molecule has 0 saturated carbocycles. The molecule has 0 unspecified atom stereocenters. The van der Waals surface area contributed by atoms with E-state index in [1.807, 2.05) is 78.9 Å². The molecule has 0 aliphatic rings. The van der Waals surface area contributed by atoms with Gasteiger partial charge in [0.05, 0.1) is 0 Å². The quantitative estimate of drug-likeness (QED) is 0.378. The maximum atomic E-state index is 12.5. The highest BCUT2D eigenvalue weighted by Gasteiger charge is 2.10. The zero-order valence-corrected chi connectivity index (χ0v) is 17.0. The number of hydrogen-bond donors (Lipinski definition) is 2. The molecule has 152 valence electrons. The van der Waals surface area contributed by atoms with Gasteiger partial charge in [0.1, 0.15) is 5.75 Å². The number of phenols is 1. The first kappa shape index (κ1) is 20.2. The highest BCUT2D eigenvalue weighted by molar-refractivity contribution is 5.94. The summed E-state index contributed by atoms with van der Waals surface area (Å²) in [5.74, 6) is 0.167. The molecule has 4 aromatic rings. The maximum Gasteiger partial charge on any atom is 0.251 e. The molecule has 0 radical (unpaired) electrons. The van der Waals surface area contributed by atoms with E-state index in [-0.39, 0.29) is 11.7 Å². The van der Waals surface area contributed by atoms with Crippen molar-refractivity contribution in [3.8, 4) is 16.9 Å². The van der Waals surface area contributed by atoms with Crippen molar-refractivity contribution in [3.63, 3.8) is 0 Å². The predicted octanol–water partition coefficient (Wildman–Crippen LogP) is 6.16. The Bertz CT molecular complexity index is 1200. The van der Waals surface area contributed by atoms with Gasteiger partial charge in [-0.1, -0.05) is 91.0 Å². The van der Waals surface area contributed by atoms with Crippen molar-refractivity contribution in [2.45, 2.75) is 6.54 Å². The summed E-state index contributed by atoms with van der Waals surface area (Å²) >= 11 is 0. The molecule has 0 spiro atoms. The summed E-state index contributed by atoms with van der Waals surface area (Å²) in [6, 6.07) is 32.7. The molecule has 0 fully saturated rings. The van der Waals surface area contributed by atoms with Crippen LogP contribution >= 0.6 is 0 Å². The lowest BCUT2D eigenvalue weighted by Gasteiger charge is -2.13. The second-order valence-corrected chi connectivity index (χ2v) is 7.22. The van der Waals surface area contributed by atoms with Gasteiger partial charge in [-0.25, -0.2) is 0 Å². The third kappa shape index (κ3) is 5.09. The minimum Gasteiger partial charge on any atom is -0.508 e. The minimum atomic E-state index is -0.0871. The number of aromatic hydroxyl groups is 1. The predicted molar refractivity (Wildman–Crippen MR) is 127 cm³/mol. The van der Waals surface area contributed by atoms with Gasteiger partial charge in [-0.2, -0.15) is 0 Å². The van der Waals surface area contributed by atoms with E-state index >= 15 is 0 Å². The second kappa shape index (κ2) is 9.59. The van der Waals surface area contributed by atoms with E-state index in [0.29, 0.717) is 12.1 Å². The van der Waals surface area contributed by atoms with Crippen LogP contribution in [0.4, 0.5) is 0 Å². The van der Waals surface area contributed by atoms with Gasteiger partial charge in [0.25, 0.3) is 5.91 Å². The second-order valence-electron chi connectivity index (χ2n) is 7.22. The van der Waals surface area contributed by atoms with Crippen molar-refractivity contribution < 1.29 is 9.90 Å². The van der Waals surface area contributed by atoms with Crippen molar-refractivity contribution in [3.05, 3.63) is 125 Å². The normalized spacial score (nSPS) is 10.8. The van der Waals surface area contributed by atoms with Crippen LogP contribution in [0.1, 0.15) is 27.0 Å². The topological polar surface area (TPSA) is 49.3 Å². The van der Waals surface area contributed by atoms with E-state index in [2.05, 4.69) is 29.6 Å². The molecule has 31 heavy (non-hydrogen) atoms. The van der Waals surface area contributed by atoms with Crippen molar-refractivity contribution >= 4 is 18.1 Å². The number of benzene rings is 4. The lowest BCUT2D eigenvalue weighted by atomic mass is 9.94. The van der Waals surface area contributed by atoms with Gasteiger partial charge >= 0.3 is 0 Å². The number of carbonyl (C=O) groups excluding carboxylic acids is 1. The number of carbonyl (C=O) groups is 1. The highest BCUT2D eigenvalue weighted by atomic mass is 16.3. The average molecular weight is 405 g/mol. The molecule has 0 bridgehead atoms. The minimum absolute atomic E-state index is 0.0871. The molecule has 0 aromatic heterocycles. The van der Waals surface area contributed by atoms with Crippen LogP contribution in [-0.4, -0.2) is 11.0 Å². The Labute approximate surface area is 182 Å². The first-order valence-electron chi connectivity index (χ1n) is 10.2. The number of rotatable bonds is 6. The zero-order valence-electron chi connectivity index (χ0n) is 17.0. The van der Waals surface area contributed by atoms with E-state index in [9.17, 15) is 9.90 Å². The monoisotopic (exact) mass is 405 g/mol. The standard InChI is InChI=1S/C28H23NO2/c30-25-18-15-21(16-19-25)14-17-22-8-4-6-12-26(22)27-13-7-5-11-24(27)20-29-28(31)23-9-2-1-3-10-23/h1-19,30H,20H2,(H,29,31)/b17-14+.